The van der Waals surface area contributed by atoms with E-state index in [4.69, 9.17) is 4.79 Å². The molecule has 1 fully saturated rings. The summed E-state index contributed by atoms with van der Waals surface area (Å²) >= 11 is 0. The van der Waals surface area contributed by atoms with Crippen LogP contribution in [0.3, 0.4) is 0 Å². The summed E-state index contributed by atoms with van der Waals surface area (Å²) in [4.78, 5) is 11.1. The number of allylic oxidation sites excluding steroid dienone is 2. The third-order valence-electron chi connectivity index (χ3n) is 5.25. The number of likely N-dealkylation sites (tertiary alicyclic amines) is 1. The molecule has 152 valence electrons. The fourth-order valence-electron chi connectivity index (χ4n) is 3.66. The number of carbonyl (C=O) groups excluding carboxylic acids is 1. The lowest BCUT2D eigenvalue weighted by atomic mass is 9.83. The molecule has 2 aliphatic rings. The molecule has 27 heavy (non-hydrogen) atoms. The molecule has 1 aromatic rings. The zero-order valence-corrected chi connectivity index (χ0v) is 17.6. The van der Waals surface area contributed by atoms with Gasteiger partial charge in [-0.05, 0) is 82.0 Å². The van der Waals surface area contributed by atoms with Crippen molar-refractivity contribution in [2.24, 2.45) is 17.8 Å². The van der Waals surface area contributed by atoms with Crippen LogP contribution in [0.1, 0.15) is 52.5 Å². The van der Waals surface area contributed by atoms with E-state index >= 15 is 0 Å². The predicted octanol–water partition coefficient (Wildman–Crippen LogP) is 4.80. The van der Waals surface area contributed by atoms with E-state index in [1.165, 1.54) is 32.3 Å². The molecule has 0 bridgehead atoms. The van der Waals surface area contributed by atoms with Gasteiger partial charge in [0.25, 0.3) is 0 Å². The van der Waals surface area contributed by atoms with Crippen LogP contribution in [0.5, 0.6) is 11.5 Å². The highest BCUT2D eigenvalue weighted by atomic mass is 16.3. The number of hydrogen-bond donors (Lipinski definition) is 2. The molecule has 4 nitrogen and oxygen atoms in total. The van der Waals surface area contributed by atoms with E-state index in [1.807, 2.05) is 0 Å². The third-order valence-corrected chi connectivity index (χ3v) is 5.25. The van der Waals surface area contributed by atoms with Gasteiger partial charge in [0, 0.05) is 19.2 Å². The van der Waals surface area contributed by atoms with Crippen molar-refractivity contribution in [2.75, 3.05) is 20.1 Å². The fraction of sp³-hybridized carbons (Fsp3) is 0.609. The maximum atomic E-state index is 9.28. The van der Waals surface area contributed by atoms with Crippen molar-refractivity contribution in [3.63, 3.8) is 0 Å². The second kappa shape index (κ2) is 11.8. The normalized spacial score (nSPS) is 19.8. The fourth-order valence-corrected chi connectivity index (χ4v) is 3.66. The van der Waals surface area contributed by atoms with E-state index in [0.717, 1.165) is 43.2 Å². The van der Waals surface area contributed by atoms with E-state index in [9.17, 15) is 10.2 Å². The first kappa shape index (κ1) is 23.2. The van der Waals surface area contributed by atoms with Gasteiger partial charge >= 0.3 is 0 Å². The second-order valence-corrected chi connectivity index (χ2v) is 8.21. The summed E-state index contributed by atoms with van der Waals surface area (Å²) in [5, 5.41) is 18.6. The highest BCUT2D eigenvalue weighted by molar-refractivity contribution is 5.44. The summed E-state index contributed by atoms with van der Waals surface area (Å²) in [6, 6.07) is 4.80. The monoisotopic (exact) mass is 375 g/mol. The van der Waals surface area contributed by atoms with Crippen LogP contribution in [-0.4, -0.2) is 41.5 Å². The Labute approximate surface area is 164 Å². The molecule has 0 spiro atoms. The van der Waals surface area contributed by atoms with Gasteiger partial charge in [0.15, 0.2) is 0 Å². The van der Waals surface area contributed by atoms with Crippen LogP contribution in [-0.2, 0) is 11.2 Å². The summed E-state index contributed by atoms with van der Waals surface area (Å²) < 4.78 is 0. The molecule has 4 heteroatoms. The zero-order chi connectivity index (χ0) is 20.4. The van der Waals surface area contributed by atoms with Crippen LogP contribution in [0.4, 0.5) is 0 Å². The molecule has 2 N–H and O–H groups in total. The van der Waals surface area contributed by atoms with Gasteiger partial charge < -0.3 is 19.9 Å². The number of phenolic OH excluding ortho intramolecular Hbond substituents is 2. The average Bonchev–Trinajstić information content (AvgIpc) is 2.54. The van der Waals surface area contributed by atoms with Gasteiger partial charge in [-0.25, -0.2) is 0 Å². The number of hydrogen-bond acceptors (Lipinski definition) is 4. The molecule has 0 aromatic heterocycles. The summed E-state index contributed by atoms with van der Waals surface area (Å²) in [6.45, 7) is 10.6. The molecular formula is C23H37NO3. The Morgan fingerprint density at radius 1 is 1.19 bits per heavy atom. The Hall–Kier alpha value is -1.81. The standard InChI is InChI=1S/C11H15NO2.C10H18.C2H4O/c1-12-6-9(7-12)2-8-3-10(13)5-11(14)4-8;1-8(2)10-6-4-9(3)5-7-10;1-2-3/h3-5,9,13-14H,2,6-7H2,1H3;4,8,10H,5-7H2,1-3H3;2H,1H3. The Kier molecular flexibility index (Phi) is 10.2. The van der Waals surface area contributed by atoms with Crippen molar-refractivity contribution in [1.29, 1.82) is 0 Å². The van der Waals surface area contributed by atoms with Crippen molar-refractivity contribution in [1.82, 2.24) is 4.90 Å². The van der Waals surface area contributed by atoms with E-state index in [-0.39, 0.29) is 11.5 Å². The Morgan fingerprint density at radius 2 is 1.74 bits per heavy atom. The van der Waals surface area contributed by atoms with Gasteiger partial charge in [0.2, 0.25) is 0 Å². The average molecular weight is 376 g/mol. The number of rotatable bonds is 3. The molecule has 1 aliphatic carbocycles. The first-order chi connectivity index (χ1) is 12.7. The van der Waals surface area contributed by atoms with Crippen LogP contribution in [0, 0.1) is 17.8 Å². The minimum atomic E-state index is 0.146. The molecule has 0 radical (unpaired) electrons. The molecule has 1 aromatic carbocycles. The van der Waals surface area contributed by atoms with Gasteiger partial charge in [-0.15, -0.1) is 0 Å². The van der Waals surface area contributed by atoms with Crippen LogP contribution in [0.15, 0.2) is 29.8 Å². The number of carbonyl (C=O) groups is 1. The maximum absolute atomic E-state index is 9.28. The Balaban J connectivity index is 0.000000246. The topological polar surface area (TPSA) is 60.8 Å². The van der Waals surface area contributed by atoms with Gasteiger partial charge in [-0.3, -0.25) is 0 Å². The summed E-state index contributed by atoms with van der Waals surface area (Å²) in [5.41, 5.74) is 2.61. The summed E-state index contributed by atoms with van der Waals surface area (Å²) in [6.07, 6.45) is 8.17. The minimum Gasteiger partial charge on any atom is -0.508 e. The molecule has 1 atom stereocenters. The number of aromatic hydroxyl groups is 2. The highest BCUT2D eigenvalue weighted by Gasteiger charge is 2.23. The molecule has 1 aliphatic heterocycles. The first-order valence-electron chi connectivity index (χ1n) is 10.0. The number of aldehydes is 1. The molecule has 1 heterocycles. The smallest absolute Gasteiger partial charge is 0.119 e. The Morgan fingerprint density at radius 3 is 2.15 bits per heavy atom. The molecular weight excluding hydrogens is 338 g/mol. The zero-order valence-electron chi connectivity index (χ0n) is 17.6. The summed E-state index contributed by atoms with van der Waals surface area (Å²) in [5.74, 6) is 2.80. The molecule has 3 rings (SSSR count). The molecule has 0 amide bonds. The van der Waals surface area contributed by atoms with E-state index in [0.29, 0.717) is 5.92 Å². The SMILES string of the molecule is CC1=CCC(C(C)C)CC1.CC=O.CN1CC(Cc2cc(O)cc(O)c2)C1. The highest BCUT2D eigenvalue weighted by Crippen LogP contribution is 2.28. The summed E-state index contributed by atoms with van der Waals surface area (Å²) in [7, 11) is 2.09. The van der Waals surface area contributed by atoms with E-state index in [2.05, 4.69) is 38.8 Å². The third kappa shape index (κ3) is 9.09. The van der Waals surface area contributed by atoms with Crippen molar-refractivity contribution < 1.29 is 15.0 Å². The van der Waals surface area contributed by atoms with E-state index < -0.39 is 0 Å². The lowest BCUT2D eigenvalue weighted by Crippen LogP contribution is -2.44. The molecule has 1 unspecified atom stereocenters. The number of phenols is 2. The predicted molar refractivity (Wildman–Crippen MR) is 112 cm³/mol. The lowest BCUT2D eigenvalue weighted by Gasteiger charge is -2.36. The van der Waals surface area contributed by atoms with Crippen LogP contribution < -0.4 is 0 Å². The van der Waals surface area contributed by atoms with Gasteiger partial charge in [-0.1, -0.05) is 25.5 Å². The van der Waals surface area contributed by atoms with Crippen LogP contribution in [0.25, 0.3) is 0 Å². The minimum absolute atomic E-state index is 0.146. The van der Waals surface area contributed by atoms with Gasteiger partial charge in [0.1, 0.15) is 17.8 Å². The molecule has 1 saturated heterocycles. The van der Waals surface area contributed by atoms with Crippen molar-refractivity contribution in [2.45, 2.75) is 53.4 Å². The quantitative estimate of drug-likeness (QED) is 0.589. The number of benzene rings is 1. The van der Waals surface area contributed by atoms with Crippen molar-refractivity contribution >= 4 is 6.29 Å². The van der Waals surface area contributed by atoms with Crippen molar-refractivity contribution in [3.05, 3.63) is 35.4 Å². The molecule has 0 saturated carbocycles. The van der Waals surface area contributed by atoms with E-state index in [1.54, 1.807) is 17.7 Å². The maximum Gasteiger partial charge on any atom is 0.119 e. The van der Waals surface area contributed by atoms with Gasteiger partial charge in [-0.2, -0.15) is 0 Å². The van der Waals surface area contributed by atoms with Crippen LogP contribution >= 0.6 is 0 Å². The van der Waals surface area contributed by atoms with Gasteiger partial charge in [0.05, 0.1) is 0 Å². The largest absolute Gasteiger partial charge is 0.508 e. The lowest BCUT2D eigenvalue weighted by molar-refractivity contribution is -0.106. The van der Waals surface area contributed by atoms with Crippen molar-refractivity contribution in [3.8, 4) is 11.5 Å². The first-order valence-corrected chi connectivity index (χ1v) is 10.0. The Bertz CT molecular complexity index is 583. The number of nitrogens with zero attached hydrogens (tertiary/aromatic N) is 1. The second-order valence-electron chi connectivity index (χ2n) is 8.21. The van der Waals surface area contributed by atoms with Crippen LogP contribution in [0.2, 0.25) is 0 Å².